The summed E-state index contributed by atoms with van der Waals surface area (Å²) in [7, 11) is 0. The van der Waals surface area contributed by atoms with E-state index < -0.39 is 0 Å². The van der Waals surface area contributed by atoms with Gasteiger partial charge in [0, 0.05) is 0 Å². The zero-order chi connectivity index (χ0) is 8.67. The van der Waals surface area contributed by atoms with Gasteiger partial charge in [-0.3, -0.25) is 0 Å². The Kier molecular flexibility index (Phi) is 1.48. The Labute approximate surface area is 81.0 Å². The minimum atomic E-state index is 0.313. The van der Waals surface area contributed by atoms with Crippen LogP contribution in [-0.2, 0) is 0 Å². The number of rotatable bonds is 0. The van der Waals surface area contributed by atoms with Crippen molar-refractivity contribution >= 4 is 34.1 Å². The fourth-order valence-electron chi connectivity index (χ4n) is 1.45. The molecule has 62 valence electrons. The molecule has 0 radical (unpaired) electrons. The van der Waals surface area contributed by atoms with Crippen LogP contribution in [0.15, 0.2) is 36.7 Å². The Morgan fingerprint density at radius 1 is 0.846 bits per heavy atom. The summed E-state index contributed by atoms with van der Waals surface area (Å²) >= 11 is 0.313. The summed E-state index contributed by atoms with van der Waals surface area (Å²) in [5.74, 6) is 0. The Bertz CT molecular complexity index is 521. The zero-order valence-corrected chi connectivity index (χ0v) is 8.48. The van der Waals surface area contributed by atoms with Crippen molar-refractivity contribution in [3.05, 3.63) is 36.7 Å². The van der Waals surface area contributed by atoms with Gasteiger partial charge in [-0.25, -0.2) is 0 Å². The fraction of sp³-hybridized carbons (Fsp3) is 0. The summed E-state index contributed by atoms with van der Waals surface area (Å²) in [6.45, 7) is 0. The Balaban J connectivity index is 2.64. The molecular formula is C10H6N2Se. The first kappa shape index (κ1) is 7.24. The van der Waals surface area contributed by atoms with Crippen LogP contribution in [0.1, 0.15) is 0 Å². The second-order valence-electron chi connectivity index (χ2n) is 2.81. The molecule has 0 atom stereocenters. The van der Waals surface area contributed by atoms with Crippen LogP contribution in [0, 0.1) is 0 Å². The second kappa shape index (κ2) is 2.66. The van der Waals surface area contributed by atoms with Crippen molar-refractivity contribution in [3.63, 3.8) is 0 Å². The molecule has 0 unspecified atom stereocenters. The summed E-state index contributed by atoms with van der Waals surface area (Å²) in [5.41, 5.74) is 0. The van der Waals surface area contributed by atoms with Gasteiger partial charge in [0.05, 0.1) is 0 Å². The van der Waals surface area contributed by atoms with Crippen LogP contribution in [0.2, 0.25) is 0 Å². The maximum absolute atomic E-state index is 4.36. The maximum atomic E-state index is 4.36. The van der Waals surface area contributed by atoms with Crippen molar-refractivity contribution in [1.82, 2.24) is 9.97 Å². The SMILES string of the molecule is c1cnc2[se]c3ncccc3c2c1. The fourth-order valence-corrected chi connectivity index (χ4v) is 3.51. The van der Waals surface area contributed by atoms with E-state index in [0.717, 1.165) is 0 Å². The Morgan fingerprint density at radius 3 is 1.92 bits per heavy atom. The molecule has 0 aromatic carbocycles. The Hall–Kier alpha value is -1.18. The molecule has 0 saturated heterocycles. The molecule has 3 heteroatoms. The molecule has 0 aliphatic heterocycles. The number of pyridine rings is 2. The van der Waals surface area contributed by atoms with Crippen molar-refractivity contribution in [1.29, 1.82) is 0 Å². The van der Waals surface area contributed by atoms with Gasteiger partial charge in [-0.05, 0) is 0 Å². The van der Waals surface area contributed by atoms with Gasteiger partial charge in [0.1, 0.15) is 0 Å². The van der Waals surface area contributed by atoms with Gasteiger partial charge in [-0.1, -0.05) is 0 Å². The van der Waals surface area contributed by atoms with Crippen LogP contribution in [0.3, 0.4) is 0 Å². The molecule has 2 nitrogen and oxygen atoms in total. The van der Waals surface area contributed by atoms with Gasteiger partial charge in [0.2, 0.25) is 0 Å². The van der Waals surface area contributed by atoms with Crippen LogP contribution >= 0.6 is 0 Å². The molecule has 3 aromatic rings. The number of hydrogen-bond donors (Lipinski definition) is 0. The van der Waals surface area contributed by atoms with Gasteiger partial charge in [0.15, 0.2) is 0 Å². The van der Waals surface area contributed by atoms with Gasteiger partial charge in [-0.2, -0.15) is 0 Å². The minimum absolute atomic E-state index is 0.313. The van der Waals surface area contributed by atoms with Crippen LogP contribution in [0.5, 0.6) is 0 Å². The first-order valence-electron chi connectivity index (χ1n) is 4.03. The summed E-state index contributed by atoms with van der Waals surface area (Å²) in [6, 6.07) is 8.21. The van der Waals surface area contributed by atoms with E-state index in [4.69, 9.17) is 0 Å². The van der Waals surface area contributed by atoms with Crippen molar-refractivity contribution < 1.29 is 0 Å². The summed E-state index contributed by atoms with van der Waals surface area (Å²) < 4.78 is 2.42. The third-order valence-electron chi connectivity index (χ3n) is 2.03. The third kappa shape index (κ3) is 1.01. The molecular weight excluding hydrogens is 227 g/mol. The molecule has 13 heavy (non-hydrogen) atoms. The third-order valence-corrected chi connectivity index (χ3v) is 4.20. The van der Waals surface area contributed by atoms with Crippen LogP contribution in [0.25, 0.3) is 19.6 Å². The number of nitrogens with zero attached hydrogens (tertiary/aromatic N) is 2. The van der Waals surface area contributed by atoms with Crippen molar-refractivity contribution in [2.24, 2.45) is 0 Å². The number of aromatic nitrogens is 2. The average molecular weight is 233 g/mol. The van der Waals surface area contributed by atoms with Crippen LogP contribution in [0.4, 0.5) is 0 Å². The quantitative estimate of drug-likeness (QED) is 0.554. The second-order valence-corrected chi connectivity index (χ2v) is 4.87. The van der Waals surface area contributed by atoms with Gasteiger partial charge >= 0.3 is 80.7 Å². The van der Waals surface area contributed by atoms with Crippen LogP contribution in [-0.4, -0.2) is 24.5 Å². The van der Waals surface area contributed by atoms with E-state index in [1.807, 2.05) is 24.5 Å². The van der Waals surface area contributed by atoms with Crippen molar-refractivity contribution in [2.45, 2.75) is 0 Å². The van der Waals surface area contributed by atoms with Gasteiger partial charge in [-0.15, -0.1) is 0 Å². The normalized spacial score (nSPS) is 11.1. The van der Waals surface area contributed by atoms with Gasteiger partial charge in [0.25, 0.3) is 0 Å². The topological polar surface area (TPSA) is 25.8 Å². The molecule has 0 saturated carbocycles. The summed E-state index contributed by atoms with van der Waals surface area (Å²) in [5, 5.41) is 2.54. The molecule has 3 heterocycles. The summed E-state index contributed by atoms with van der Waals surface area (Å²) in [4.78, 5) is 8.72. The van der Waals surface area contributed by atoms with E-state index in [9.17, 15) is 0 Å². The first-order chi connectivity index (χ1) is 6.45. The van der Waals surface area contributed by atoms with E-state index >= 15 is 0 Å². The molecule has 0 spiro atoms. The predicted molar refractivity (Wildman–Crippen MR) is 54.0 cm³/mol. The molecule has 0 N–H and O–H groups in total. The van der Waals surface area contributed by atoms with E-state index in [0.29, 0.717) is 14.5 Å². The standard InChI is InChI=1S/C10H6N2Se/c1-3-7-8-4-2-6-12-10(8)13-9(7)11-5-1/h1-6H. The predicted octanol–water partition coefficient (Wildman–Crippen LogP) is 1.84. The number of fused-ring (bicyclic) bond motifs is 3. The zero-order valence-electron chi connectivity index (χ0n) is 6.77. The van der Waals surface area contributed by atoms with E-state index in [-0.39, 0.29) is 0 Å². The van der Waals surface area contributed by atoms with Crippen molar-refractivity contribution in [2.75, 3.05) is 0 Å². The molecule has 0 aliphatic carbocycles. The van der Waals surface area contributed by atoms with Crippen molar-refractivity contribution in [3.8, 4) is 0 Å². The van der Waals surface area contributed by atoms with E-state index in [1.54, 1.807) is 0 Å². The van der Waals surface area contributed by atoms with E-state index in [2.05, 4.69) is 22.1 Å². The monoisotopic (exact) mass is 234 g/mol. The van der Waals surface area contributed by atoms with E-state index in [1.165, 1.54) is 19.6 Å². The van der Waals surface area contributed by atoms with Crippen LogP contribution < -0.4 is 0 Å². The summed E-state index contributed by atoms with van der Waals surface area (Å²) in [6.07, 6.45) is 3.71. The molecule has 0 amide bonds. The Morgan fingerprint density at radius 2 is 1.38 bits per heavy atom. The molecule has 0 fully saturated rings. The number of hydrogen-bond acceptors (Lipinski definition) is 2. The molecule has 3 aromatic heterocycles. The first-order valence-corrected chi connectivity index (χ1v) is 5.75. The molecule has 3 rings (SSSR count). The average Bonchev–Trinajstić information content (AvgIpc) is 2.56. The molecule has 0 bridgehead atoms. The molecule has 0 aliphatic rings. The van der Waals surface area contributed by atoms with Gasteiger partial charge < -0.3 is 0 Å².